The van der Waals surface area contributed by atoms with E-state index in [1.165, 1.54) is 37.0 Å². The Morgan fingerprint density at radius 3 is 2.27 bits per heavy atom. The number of halogens is 3. The fraction of sp³-hybridized carbons (Fsp3) is 0.312. The molecule has 0 radical (unpaired) electrons. The molecule has 1 heterocycles. The number of thiazole rings is 1. The minimum atomic E-state index is -4.84. The highest BCUT2D eigenvalue weighted by Gasteiger charge is 2.31. The Morgan fingerprint density at radius 1 is 0.956 bits per heavy atom. The van der Waals surface area contributed by atoms with Crippen molar-refractivity contribution in [2.45, 2.75) is 56.8 Å². The number of ether oxygens (including phenoxy) is 1. The number of aromatic nitrogens is 1. The van der Waals surface area contributed by atoms with Crippen molar-refractivity contribution in [2.24, 2.45) is 0 Å². The number of urea groups is 1. The average Bonchev–Trinajstić information content (AvgIpc) is 3.41. The summed E-state index contributed by atoms with van der Waals surface area (Å²) >= 11 is 1.10. The van der Waals surface area contributed by atoms with Crippen LogP contribution in [0.2, 0.25) is 0 Å². The normalized spacial score (nSPS) is 14.5. The Morgan fingerprint density at radius 2 is 1.62 bits per heavy atom. The number of alkyl halides is 3. The second-order valence-electron chi connectivity index (χ2n) is 10.8. The van der Waals surface area contributed by atoms with Crippen LogP contribution in [0.5, 0.6) is 5.75 Å². The second kappa shape index (κ2) is 14.0. The zero-order chi connectivity index (χ0) is 32.0. The number of carbonyl (C=O) groups is 3. The van der Waals surface area contributed by atoms with Gasteiger partial charge in [-0.15, -0.1) is 13.2 Å². The van der Waals surface area contributed by atoms with E-state index in [0.29, 0.717) is 21.7 Å². The lowest BCUT2D eigenvalue weighted by Gasteiger charge is -2.24. The molecule has 1 aromatic heterocycles. The number of benzene rings is 3. The molecule has 4 N–H and O–H groups in total. The van der Waals surface area contributed by atoms with Crippen LogP contribution in [0.3, 0.4) is 0 Å². The van der Waals surface area contributed by atoms with Gasteiger partial charge in [0.15, 0.2) is 5.13 Å². The number of carboxylic acids is 1. The van der Waals surface area contributed by atoms with Crippen molar-refractivity contribution in [1.29, 1.82) is 0 Å². The Balaban J connectivity index is 1.34. The van der Waals surface area contributed by atoms with Crippen molar-refractivity contribution >= 4 is 44.6 Å². The summed E-state index contributed by atoms with van der Waals surface area (Å²) in [5.41, 5.74) is 3.32. The summed E-state index contributed by atoms with van der Waals surface area (Å²) in [6.45, 7) is -0.00392. The Kier molecular flexibility index (Phi) is 9.87. The van der Waals surface area contributed by atoms with Gasteiger partial charge in [0, 0.05) is 18.2 Å². The minimum absolute atomic E-state index is 0.00392. The number of hydrogen-bond acceptors (Lipinski definition) is 6. The van der Waals surface area contributed by atoms with E-state index >= 15 is 0 Å². The lowest BCUT2D eigenvalue weighted by atomic mass is 9.83. The van der Waals surface area contributed by atoms with Crippen LogP contribution in [0, 0.1) is 0 Å². The van der Waals surface area contributed by atoms with Crippen LogP contribution in [0.15, 0.2) is 66.7 Å². The van der Waals surface area contributed by atoms with Gasteiger partial charge in [0.05, 0.1) is 22.7 Å². The zero-order valence-corrected chi connectivity index (χ0v) is 24.8. The van der Waals surface area contributed by atoms with Gasteiger partial charge in [-0.2, -0.15) is 0 Å². The summed E-state index contributed by atoms with van der Waals surface area (Å²) in [6, 6.07) is 17.3. The molecule has 13 heteroatoms. The topological polar surface area (TPSA) is 130 Å². The Labute approximate surface area is 260 Å². The molecular weight excluding hydrogens is 609 g/mol. The summed E-state index contributed by atoms with van der Waals surface area (Å²) in [5, 5.41) is 17.2. The third-order valence-corrected chi connectivity index (χ3v) is 8.52. The molecule has 236 valence electrons. The van der Waals surface area contributed by atoms with Crippen molar-refractivity contribution in [2.75, 3.05) is 11.9 Å². The van der Waals surface area contributed by atoms with E-state index < -0.39 is 36.1 Å². The van der Waals surface area contributed by atoms with Crippen molar-refractivity contribution in [1.82, 2.24) is 15.6 Å². The van der Waals surface area contributed by atoms with E-state index in [1.807, 2.05) is 12.1 Å². The number of nitrogens with one attached hydrogen (secondary N) is 3. The molecule has 0 bridgehead atoms. The maximum atomic E-state index is 13.2. The van der Waals surface area contributed by atoms with Gasteiger partial charge in [-0.25, -0.2) is 9.78 Å². The van der Waals surface area contributed by atoms with E-state index in [-0.39, 0.29) is 23.6 Å². The molecule has 1 atom stereocenters. The average molecular weight is 641 g/mol. The highest BCUT2D eigenvalue weighted by atomic mass is 32.1. The molecule has 3 aromatic carbocycles. The first-order chi connectivity index (χ1) is 21.5. The predicted molar refractivity (Wildman–Crippen MR) is 164 cm³/mol. The maximum absolute atomic E-state index is 13.2. The van der Waals surface area contributed by atoms with Crippen molar-refractivity contribution < 1.29 is 37.4 Å². The van der Waals surface area contributed by atoms with Gasteiger partial charge in [-0.1, -0.05) is 67.0 Å². The smallest absolute Gasteiger partial charge is 0.481 e. The van der Waals surface area contributed by atoms with E-state index in [2.05, 4.69) is 37.8 Å². The zero-order valence-electron chi connectivity index (χ0n) is 24.0. The van der Waals surface area contributed by atoms with Gasteiger partial charge in [0.2, 0.25) is 0 Å². The molecule has 3 amide bonds. The second-order valence-corrected chi connectivity index (χ2v) is 11.8. The van der Waals surface area contributed by atoms with Gasteiger partial charge < -0.3 is 20.5 Å². The fourth-order valence-corrected chi connectivity index (χ4v) is 6.23. The van der Waals surface area contributed by atoms with E-state index in [4.69, 9.17) is 5.11 Å². The number of amides is 3. The third kappa shape index (κ3) is 8.72. The summed E-state index contributed by atoms with van der Waals surface area (Å²) < 4.78 is 42.4. The molecule has 1 aliphatic rings. The molecule has 1 fully saturated rings. The number of fused-ring (bicyclic) bond motifs is 1. The number of hydrogen-bond donors (Lipinski definition) is 4. The van der Waals surface area contributed by atoms with Gasteiger partial charge >= 0.3 is 18.4 Å². The molecule has 0 aliphatic heterocycles. The summed E-state index contributed by atoms with van der Waals surface area (Å²) in [5.74, 6) is -1.34. The first-order valence-corrected chi connectivity index (χ1v) is 15.3. The molecule has 45 heavy (non-hydrogen) atoms. The Hall–Kier alpha value is -4.65. The molecule has 9 nitrogen and oxygen atoms in total. The lowest BCUT2D eigenvalue weighted by molar-refractivity contribution is -0.274. The number of rotatable bonds is 10. The van der Waals surface area contributed by atoms with Crippen molar-refractivity contribution in [3.63, 3.8) is 0 Å². The van der Waals surface area contributed by atoms with Crippen molar-refractivity contribution in [3.05, 3.63) is 89.0 Å². The Bertz CT molecular complexity index is 1650. The maximum Gasteiger partial charge on any atom is 0.573 e. The molecule has 0 saturated heterocycles. The van der Waals surface area contributed by atoms with Crippen LogP contribution in [0.25, 0.3) is 10.2 Å². The van der Waals surface area contributed by atoms with Crippen LogP contribution in [0.1, 0.15) is 77.5 Å². The molecule has 5 rings (SSSR count). The number of carboxylic acid groups (broad SMARTS) is 1. The third-order valence-electron chi connectivity index (χ3n) is 7.57. The number of anilines is 1. The SMILES string of the molecule is O=C(O)CCNC(=O)c1ccc(C(NC(=O)Nc2nc3cc(OC(F)(F)F)ccc3s2)c2ccc(C3CCCCC3)cc2)cc1. The monoisotopic (exact) mass is 640 g/mol. The van der Waals surface area contributed by atoms with Crippen LogP contribution in [-0.2, 0) is 4.79 Å². The van der Waals surface area contributed by atoms with E-state index in [9.17, 15) is 27.6 Å². The number of aliphatic carboxylic acids is 1. The van der Waals surface area contributed by atoms with Crippen LogP contribution < -0.4 is 20.7 Å². The molecule has 1 unspecified atom stereocenters. The summed E-state index contributed by atoms with van der Waals surface area (Å²) in [6.07, 6.45) is 0.914. The standard InChI is InChI=1S/C32H31F3N4O5S/c33-32(34,35)44-24-14-15-26-25(18-24)37-31(45-26)39-30(43)38-28(21-8-6-20(7-9-21)19-4-2-1-3-5-19)22-10-12-23(13-11-22)29(42)36-17-16-27(40)41/h6-15,18-19,28H,1-5,16-17H2,(H,36,42)(H,40,41)(H2,37,38,39,43). The van der Waals surface area contributed by atoms with Gasteiger partial charge in [0.25, 0.3) is 5.91 Å². The highest BCUT2D eigenvalue weighted by molar-refractivity contribution is 7.22. The van der Waals surface area contributed by atoms with Crippen LogP contribution >= 0.6 is 11.3 Å². The first kappa shape index (κ1) is 31.8. The fourth-order valence-electron chi connectivity index (χ4n) is 5.39. The van der Waals surface area contributed by atoms with Crippen molar-refractivity contribution in [3.8, 4) is 5.75 Å². The number of nitrogens with zero attached hydrogens (tertiary/aromatic N) is 1. The lowest BCUT2D eigenvalue weighted by Crippen LogP contribution is -2.33. The number of carbonyl (C=O) groups excluding carboxylic acids is 2. The molecule has 1 aliphatic carbocycles. The van der Waals surface area contributed by atoms with Crippen LogP contribution in [0.4, 0.5) is 23.1 Å². The van der Waals surface area contributed by atoms with Gasteiger partial charge in [-0.3, -0.25) is 14.9 Å². The molecule has 1 saturated carbocycles. The first-order valence-electron chi connectivity index (χ1n) is 14.5. The minimum Gasteiger partial charge on any atom is -0.481 e. The quantitative estimate of drug-likeness (QED) is 0.143. The molecule has 0 spiro atoms. The highest BCUT2D eigenvalue weighted by Crippen LogP contribution is 2.34. The summed E-state index contributed by atoms with van der Waals surface area (Å²) in [4.78, 5) is 40.7. The molecular formula is C32H31F3N4O5S. The van der Waals surface area contributed by atoms with E-state index in [0.717, 1.165) is 35.8 Å². The predicted octanol–water partition coefficient (Wildman–Crippen LogP) is 7.36. The van der Waals surface area contributed by atoms with Gasteiger partial charge in [-0.05, 0) is 59.7 Å². The largest absolute Gasteiger partial charge is 0.573 e. The van der Waals surface area contributed by atoms with E-state index in [1.54, 1.807) is 24.3 Å². The van der Waals surface area contributed by atoms with Gasteiger partial charge in [0.1, 0.15) is 5.75 Å². The van der Waals surface area contributed by atoms with Crippen LogP contribution in [-0.4, -0.2) is 40.9 Å². The summed E-state index contributed by atoms with van der Waals surface area (Å²) in [7, 11) is 0. The molecule has 4 aromatic rings.